The Morgan fingerprint density at radius 2 is 1.58 bits per heavy atom. The number of nitrogens with one attached hydrogen (secondary N) is 1. The molecule has 1 aliphatic heterocycles. The van der Waals surface area contributed by atoms with E-state index in [1.807, 2.05) is 18.7 Å². The van der Waals surface area contributed by atoms with Crippen LogP contribution in [0.1, 0.15) is 73.1 Å². The molecule has 4 nitrogen and oxygen atoms in total. The minimum Gasteiger partial charge on any atom is -0.353 e. The largest absolute Gasteiger partial charge is 0.353 e. The Bertz CT molecular complexity index is 445. The molecule has 1 N–H and O–H groups in total. The van der Waals surface area contributed by atoms with E-state index in [9.17, 15) is 9.59 Å². The van der Waals surface area contributed by atoms with Gasteiger partial charge in [0.15, 0.2) is 0 Å². The smallest absolute Gasteiger partial charge is 0.225 e. The second-order valence-corrected chi connectivity index (χ2v) is 9.13. The third kappa shape index (κ3) is 4.73. The molecule has 0 bridgehead atoms. The van der Waals surface area contributed by atoms with Crippen LogP contribution >= 0.6 is 0 Å². The third-order valence-electron chi connectivity index (χ3n) is 5.88. The van der Waals surface area contributed by atoms with Crippen LogP contribution in [0.3, 0.4) is 0 Å². The second-order valence-electron chi connectivity index (χ2n) is 9.13. The molecular formula is C20H36N2O2. The normalized spacial score (nSPS) is 26.5. The zero-order chi connectivity index (χ0) is 17.9. The molecule has 1 aliphatic carbocycles. The molecular weight excluding hydrogens is 300 g/mol. The number of likely N-dealkylation sites (tertiary alicyclic amines) is 1. The zero-order valence-electron chi connectivity index (χ0n) is 16.2. The van der Waals surface area contributed by atoms with Crippen LogP contribution in [-0.2, 0) is 9.59 Å². The van der Waals surface area contributed by atoms with Crippen molar-refractivity contribution in [1.29, 1.82) is 0 Å². The summed E-state index contributed by atoms with van der Waals surface area (Å²) in [6, 6.07) is 0.321. The highest BCUT2D eigenvalue weighted by molar-refractivity contribution is 5.81. The highest BCUT2D eigenvalue weighted by Gasteiger charge is 2.36. The molecule has 4 heteroatoms. The average molecular weight is 337 g/mol. The molecule has 0 aromatic carbocycles. The predicted molar refractivity (Wildman–Crippen MR) is 97.5 cm³/mol. The van der Waals surface area contributed by atoms with Gasteiger partial charge >= 0.3 is 0 Å². The van der Waals surface area contributed by atoms with Crippen molar-refractivity contribution in [1.82, 2.24) is 10.2 Å². The second kappa shape index (κ2) is 7.88. The van der Waals surface area contributed by atoms with Crippen LogP contribution in [-0.4, -0.2) is 35.8 Å². The van der Waals surface area contributed by atoms with Crippen LogP contribution in [0.5, 0.6) is 0 Å². The van der Waals surface area contributed by atoms with Crippen molar-refractivity contribution in [2.75, 3.05) is 13.1 Å². The van der Waals surface area contributed by atoms with E-state index in [2.05, 4.69) is 26.1 Å². The summed E-state index contributed by atoms with van der Waals surface area (Å²) in [5.41, 5.74) is 0.241. The Labute approximate surface area is 147 Å². The maximum Gasteiger partial charge on any atom is 0.225 e. The lowest BCUT2D eigenvalue weighted by atomic mass is 9.69. The summed E-state index contributed by atoms with van der Waals surface area (Å²) in [5, 5.41) is 3.37. The molecule has 0 aromatic rings. The van der Waals surface area contributed by atoms with Gasteiger partial charge in [-0.3, -0.25) is 9.59 Å². The van der Waals surface area contributed by atoms with Crippen molar-refractivity contribution in [3.8, 4) is 0 Å². The lowest BCUT2D eigenvalue weighted by Gasteiger charge is -2.41. The van der Waals surface area contributed by atoms with Crippen LogP contribution in [0.4, 0.5) is 0 Å². The van der Waals surface area contributed by atoms with Crippen LogP contribution in [0.15, 0.2) is 0 Å². The number of carbonyl (C=O) groups is 2. The van der Waals surface area contributed by atoms with Crippen LogP contribution in [0.25, 0.3) is 0 Å². The number of rotatable bonds is 3. The fourth-order valence-electron chi connectivity index (χ4n) is 4.37. The monoisotopic (exact) mass is 336 g/mol. The fraction of sp³-hybridized carbons (Fsp3) is 0.900. The van der Waals surface area contributed by atoms with Gasteiger partial charge in [-0.05, 0) is 37.0 Å². The molecule has 2 fully saturated rings. The van der Waals surface area contributed by atoms with Crippen LogP contribution in [0, 0.1) is 23.2 Å². The first-order chi connectivity index (χ1) is 11.2. The summed E-state index contributed by atoms with van der Waals surface area (Å²) >= 11 is 0. The van der Waals surface area contributed by atoms with E-state index in [-0.39, 0.29) is 29.1 Å². The van der Waals surface area contributed by atoms with E-state index >= 15 is 0 Å². The Morgan fingerprint density at radius 3 is 2.12 bits per heavy atom. The number of hydrogen-bond acceptors (Lipinski definition) is 2. The number of hydrogen-bond donors (Lipinski definition) is 1. The van der Waals surface area contributed by atoms with Crippen molar-refractivity contribution >= 4 is 11.8 Å². The van der Waals surface area contributed by atoms with Gasteiger partial charge in [-0.25, -0.2) is 0 Å². The van der Waals surface area contributed by atoms with E-state index < -0.39 is 0 Å². The minimum atomic E-state index is 0.0464. The molecule has 2 unspecified atom stereocenters. The number of amides is 2. The molecule has 2 atom stereocenters. The van der Waals surface area contributed by atoms with E-state index in [4.69, 9.17) is 0 Å². The molecule has 2 aliphatic rings. The average Bonchev–Trinajstić information content (AvgIpc) is 2.53. The summed E-state index contributed by atoms with van der Waals surface area (Å²) < 4.78 is 0. The fourth-order valence-corrected chi connectivity index (χ4v) is 4.37. The first kappa shape index (κ1) is 19.3. The van der Waals surface area contributed by atoms with Crippen molar-refractivity contribution in [2.45, 2.75) is 79.2 Å². The first-order valence-electron chi connectivity index (χ1n) is 9.79. The molecule has 0 radical (unpaired) electrons. The van der Waals surface area contributed by atoms with E-state index in [1.165, 1.54) is 19.3 Å². The highest BCUT2D eigenvalue weighted by Crippen LogP contribution is 2.38. The first-order valence-corrected chi connectivity index (χ1v) is 9.79. The van der Waals surface area contributed by atoms with E-state index in [1.54, 1.807) is 0 Å². The summed E-state index contributed by atoms with van der Waals surface area (Å²) in [6.07, 6.45) is 6.44. The van der Waals surface area contributed by atoms with Gasteiger partial charge in [-0.1, -0.05) is 47.5 Å². The van der Waals surface area contributed by atoms with Crippen molar-refractivity contribution < 1.29 is 9.59 Å². The third-order valence-corrected chi connectivity index (χ3v) is 5.88. The summed E-state index contributed by atoms with van der Waals surface area (Å²) in [5.74, 6) is 1.12. The van der Waals surface area contributed by atoms with Crippen molar-refractivity contribution in [3.63, 3.8) is 0 Å². The van der Waals surface area contributed by atoms with Gasteiger partial charge in [0.25, 0.3) is 0 Å². The number of piperidine rings is 1. The van der Waals surface area contributed by atoms with Gasteiger partial charge in [-0.15, -0.1) is 0 Å². The highest BCUT2D eigenvalue weighted by atomic mass is 16.2. The Morgan fingerprint density at radius 1 is 1.00 bits per heavy atom. The van der Waals surface area contributed by atoms with E-state index in [0.717, 1.165) is 32.4 Å². The summed E-state index contributed by atoms with van der Waals surface area (Å²) in [6.45, 7) is 12.2. The van der Waals surface area contributed by atoms with Crippen LogP contribution < -0.4 is 5.32 Å². The van der Waals surface area contributed by atoms with Crippen molar-refractivity contribution in [2.24, 2.45) is 23.2 Å². The predicted octanol–water partition coefficient (Wildman–Crippen LogP) is 3.60. The molecule has 138 valence electrons. The SMILES string of the molecule is CC(C)C(=O)N1CCC(C(=O)NC2CCCCC2C(C)(C)C)CC1. The Hall–Kier alpha value is -1.06. The Balaban J connectivity index is 1.88. The lowest BCUT2D eigenvalue weighted by Crippen LogP contribution is -2.50. The van der Waals surface area contributed by atoms with Gasteiger partial charge in [0.1, 0.15) is 0 Å². The molecule has 24 heavy (non-hydrogen) atoms. The summed E-state index contributed by atoms with van der Waals surface area (Å²) in [4.78, 5) is 26.7. The topological polar surface area (TPSA) is 49.4 Å². The summed E-state index contributed by atoms with van der Waals surface area (Å²) in [7, 11) is 0. The lowest BCUT2D eigenvalue weighted by molar-refractivity contribution is -0.138. The number of nitrogens with zero attached hydrogens (tertiary/aromatic N) is 1. The quantitative estimate of drug-likeness (QED) is 0.856. The van der Waals surface area contributed by atoms with Crippen molar-refractivity contribution in [3.05, 3.63) is 0 Å². The van der Waals surface area contributed by atoms with Gasteiger partial charge in [0, 0.05) is 31.0 Å². The Kier molecular flexibility index (Phi) is 6.33. The maximum absolute atomic E-state index is 12.7. The molecule has 2 rings (SSSR count). The molecule has 2 amide bonds. The number of carbonyl (C=O) groups excluding carboxylic acids is 2. The molecule has 1 heterocycles. The van der Waals surface area contributed by atoms with Gasteiger partial charge in [-0.2, -0.15) is 0 Å². The van der Waals surface area contributed by atoms with Gasteiger partial charge in [0.05, 0.1) is 0 Å². The van der Waals surface area contributed by atoms with Gasteiger partial charge in [0.2, 0.25) is 11.8 Å². The zero-order valence-corrected chi connectivity index (χ0v) is 16.2. The van der Waals surface area contributed by atoms with E-state index in [0.29, 0.717) is 12.0 Å². The molecule has 1 saturated heterocycles. The van der Waals surface area contributed by atoms with Crippen LogP contribution in [0.2, 0.25) is 0 Å². The standard InChI is InChI=1S/C20H36N2O2/c1-14(2)19(24)22-12-10-15(11-13-22)18(23)21-17-9-7-6-8-16(17)20(3,4)5/h14-17H,6-13H2,1-5H3,(H,21,23). The molecule has 0 aromatic heterocycles. The van der Waals surface area contributed by atoms with Gasteiger partial charge < -0.3 is 10.2 Å². The molecule has 1 saturated carbocycles. The molecule has 0 spiro atoms. The maximum atomic E-state index is 12.7. The minimum absolute atomic E-state index is 0.0464.